The molecule has 1 saturated heterocycles. The van der Waals surface area contributed by atoms with Gasteiger partial charge in [0, 0.05) is 13.1 Å². The smallest absolute Gasteiger partial charge is 0.246 e. The summed E-state index contributed by atoms with van der Waals surface area (Å²) in [5.74, 6) is 2.12. The lowest BCUT2D eigenvalue weighted by atomic mass is 9.99. The molecule has 0 spiro atoms. The molecule has 1 atom stereocenters. The number of nitrogens with zero attached hydrogens (tertiary/aromatic N) is 1. The number of hydrogen-bond acceptors (Lipinski definition) is 5. The van der Waals surface area contributed by atoms with Crippen molar-refractivity contribution < 1.29 is 19.0 Å². The molecule has 0 radical (unpaired) electrons. The molecule has 1 N–H and O–H groups in total. The Labute approximate surface area is 207 Å². The fourth-order valence-corrected chi connectivity index (χ4v) is 4.54. The molecule has 35 heavy (non-hydrogen) atoms. The lowest BCUT2D eigenvalue weighted by Crippen LogP contribution is -2.44. The van der Waals surface area contributed by atoms with Crippen molar-refractivity contribution >= 4 is 11.6 Å². The molecule has 184 valence electrons. The third kappa shape index (κ3) is 6.14. The van der Waals surface area contributed by atoms with Crippen LogP contribution in [0.15, 0.2) is 72.8 Å². The van der Waals surface area contributed by atoms with E-state index in [1.165, 1.54) is 0 Å². The average molecular weight is 475 g/mol. The molecular weight excluding hydrogens is 440 g/mol. The standard InChI is InChI=1S/C29H34N2O4/c1-4-34-26-12-8-9-13-27(26)35-23-16-18-31(19-17-23)28(22-10-6-5-7-11-22)29(32)30-24-20-21(2)14-15-25(24)33-3/h5-15,20,23,28H,4,16-19H2,1-3H3,(H,30,32). The predicted molar refractivity (Wildman–Crippen MR) is 138 cm³/mol. The van der Waals surface area contributed by atoms with Gasteiger partial charge in [-0.3, -0.25) is 9.69 Å². The zero-order valence-corrected chi connectivity index (χ0v) is 20.7. The highest BCUT2D eigenvalue weighted by atomic mass is 16.5. The number of ether oxygens (including phenoxy) is 3. The van der Waals surface area contributed by atoms with Crippen LogP contribution in [-0.4, -0.2) is 43.7 Å². The lowest BCUT2D eigenvalue weighted by Gasteiger charge is -2.37. The quantitative estimate of drug-likeness (QED) is 0.436. The minimum atomic E-state index is -0.405. The van der Waals surface area contributed by atoms with E-state index in [-0.39, 0.29) is 12.0 Å². The summed E-state index contributed by atoms with van der Waals surface area (Å²) in [6.07, 6.45) is 1.72. The highest BCUT2D eigenvalue weighted by molar-refractivity contribution is 5.96. The van der Waals surface area contributed by atoms with Gasteiger partial charge in [0.05, 0.1) is 19.4 Å². The van der Waals surface area contributed by atoms with Crippen LogP contribution < -0.4 is 19.5 Å². The van der Waals surface area contributed by atoms with Crippen LogP contribution in [0.1, 0.15) is 36.9 Å². The first-order valence-electron chi connectivity index (χ1n) is 12.2. The molecule has 6 heteroatoms. The van der Waals surface area contributed by atoms with Gasteiger partial charge >= 0.3 is 0 Å². The van der Waals surface area contributed by atoms with E-state index in [1.54, 1.807) is 7.11 Å². The van der Waals surface area contributed by atoms with E-state index in [1.807, 2.05) is 86.6 Å². The van der Waals surface area contributed by atoms with E-state index in [2.05, 4.69) is 10.2 Å². The number of benzene rings is 3. The molecule has 3 aromatic rings. The van der Waals surface area contributed by atoms with E-state index in [4.69, 9.17) is 14.2 Å². The van der Waals surface area contributed by atoms with Crippen molar-refractivity contribution in [2.45, 2.75) is 38.8 Å². The summed E-state index contributed by atoms with van der Waals surface area (Å²) in [6.45, 7) is 6.06. The normalized spacial score (nSPS) is 15.3. The predicted octanol–water partition coefficient (Wildman–Crippen LogP) is 5.63. The molecule has 1 fully saturated rings. The number of anilines is 1. The monoisotopic (exact) mass is 474 g/mol. The number of methoxy groups -OCH3 is 1. The van der Waals surface area contributed by atoms with E-state index in [0.29, 0.717) is 18.0 Å². The molecule has 0 aromatic heterocycles. The van der Waals surface area contributed by atoms with Gasteiger partial charge in [-0.25, -0.2) is 0 Å². The number of piperidine rings is 1. The van der Waals surface area contributed by atoms with Crippen LogP contribution in [0.3, 0.4) is 0 Å². The Morgan fingerprint density at radius 1 is 0.971 bits per heavy atom. The summed E-state index contributed by atoms with van der Waals surface area (Å²) in [7, 11) is 1.61. The maximum Gasteiger partial charge on any atom is 0.246 e. The van der Waals surface area contributed by atoms with Gasteiger partial charge in [0.2, 0.25) is 5.91 Å². The fourth-order valence-electron chi connectivity index (χ4n) is 4.54. The van der Waals surface area contributed by atoms with Gasteiger partial charge < -0.3 is 19.5 Å². The summed E-state index contributed by atoms with van der Waals surface area (Å²) in [5, 5.41) is 3.12. The number of carbonyl (C=O) groups is 1. The molecule has 1 aliphatic rings. The maximum absolute atomic E-state index is 13.6. The van der Waals surface area contributed by atoms with Crippen LogP contribution in [0.5, 0.6) is 17.2 Å². The van der Waals surface area contributed by atoms with Crippen LogP contribution in [0.4, 0.5) is 5.69 Å². The maximum atomic E-state index is 13.6. The van der Waals surface area contributed by atoms with E-state index in [0.717, 1.165) is 48.6 Å². The molecule has 1 unspecified atom stereocenters. The van der Waals surface area contributed by atoms with Gasteiger partial charge in [0.15, 0.2) is 11.5 Å². The lowest BCUT2D eigenvalue weighted by molar-refractivity contribution is -0.122. The molecule has 0 aliphatic carbocycles. The number of nitrogens with one attached hydrogen (secondary N) is 1. The SMILES string of the molecule is CCOc1ccccc1OC1CCN(C(C(=O)Nc2cc(C)ccc2OC)c2ccccc2)CC1. The molecule has 1 aliphatic heterocycles. The van der Waals surface area contributed by atoms with Crippen LogP contribution in [0, 0.1) is 6.92 Å². The van der Waals surface area contributed by atoms with Crippen LogP contribution in [0.25, 0.3) is 0 Å². The number of amides is 1. The minimum absolute atomic E-state index is 0.0684. The molecule has 1 heterocycles. The summed E-state index contributed by atoms with van der Waals surface area (Å²) in [4.78, 5) is 15.9. The zero-order chi connectivity index (χ0) is 24.6. The second-order valence-electron chi connectivity index (χ2n) is 8.74. The summed E-state index contributed by atoms with van der Waals surface area (Å²) in [5.41, 5.74) is 2.71. The number of rotatable bonds is 9. The molecule has 0 saturated carbocycles. The van der Waals surface area contributed by atoms with Crippen LogP contribution >= 0.6 is 0 Å². The van der Waals surface area contributed by atoms with E-state index in [9.17, 15) is 4.79 Å². The zero-order valence-electron chi connectivity index (χ0n) is 20.7. The Kier molecular flexibility index (Phi) is 8.27. The Balaban J connectivity index is 1.48. The highest BCUT2D eigenvalue weighted by Gasteiger charge is 2.32. The second-order valence-corrected chi connectivity index (χ2v) is 8.74. The van der Waals surface area contributed by atoms with Crippen molar-refractivity contribution in [3.8, 4) is 17.2 Å². The van der Waals surface area contributed by atoms with Gasteiger partial charge in [0.25, 0.3) is 0 Å². The topological polar surface area (TPSA) is 60.0 Å². The fraction of sp³-hybridized carbons (Fsp3) is 0.345. The number of likely N-dealkylation sites (tertiary alicyclic amines) is 1. The first kappa shape index (κ1) is 24.6. The van der Waals surface area contributed by atoms with Crippen molar-refractivity contribution in [1.29, 1.82) is 0 Å². The van der Waals surface area contributed by atoms with Gasteiger partial charge in [-0.15, -0.1) is 0 Å². The molecule has 6 nitrogen and oxygen atoms in total. The van der Waals surface area contributed by atoms with Crippen molar-refractivity contribution in [3.63, 3.8) is 0 Å². The Hall–Kier alpha value is -3.51. The Morgan fingerprint density at radius 2 is 1.66 bits per heavy atom. The Morgan fingerprint density at radius 3 is 2.34 bits per heavy atom. The molecule has 1 amide bonds. The molecule has 3 aromatic carbocycles. The summed E-state index contributed by atoms with van der Waals surface area (Å²) >= 11 is 0. The first-order valence-corrected chi connectivity index (χ1v) is 12.2. The molecule has 0 bridgehead atoms. The number of carbonyl (C=O) groups excluding carboxylic acids is 1. The highest BCUT2D eigenvalue weighted by Crippen LogP contribution is 2.33. The van der Waals surface area contributed by atoms with E-state index >= 15 is 0 Å². The van der Waals surface area contributed by atoms with Gasteiger partial charge in [-0.1, -0.05) is 48.5 Å². The third-order valence-corrected chi connectivity index (χ3v) is 6.26. The van der Waals surface area contributed by atoms with E-state index < -0.39 is 6.04 Å². The van der Waals surface area contributed by atoms with Crippen LogP contribution in [-0.2, 0) is 4.79 Å². The summed E-state index contributed by atoms with van der Waals surface area (Å²) in [6, 6.07) is 23.1. The second kappa shape index (κ2) is 11.8. The van der Waals surface area contributed by atoms with Gasteiger partial charge in [-0.05, 0) is 62.1 Å². The van der Waals surface area contributed by atoms with Gasteiger partial charge in [0.1, 0.15) is 17.9 Å². The minimum Gasteiger partial charge on any atom is -0.495 e. The van der Waals surface area contributed by atoms with Crippen molar-refractivity contribution in [1.82, 2.24) is 4.90 Å². The molecular formula is C29H34N2O4. The van der Waals surface area contributed by atoms with Crippen molar-refractivity contribution in [2.75, 3.05) is 32.1 Å². The average Bonchev–Trinajstić information content (AvgIpc) is 2.87. The third-order valence-electron chi connectivity index (χ3n) is 6.26. The molecule has 4 rings (SSSR count). The summed E-state index contributed by atoms with van der Waals surface area (Å²) < 4.78 is 17.5. The largest absolute Gasteiger partial charge is 0.495 e. The number of para-hydroxylation sites is 2. The number of aryl methyl sites for hydroxylation is 1. The van der Waals surface area contributed by atoms with Crippen molar-refractivity contribution in [2.24, 2.45) is 0 Å². The number of hydrogen-bond donors (Lipinski definition) is 1. The van der Waals surface area contributed by atoms with Crippen molar-refractivity contribution in [3.05, 3.63) is 83.9 Å². The van der Waals surface area contributed by atoms with Crippen LogP contribution in [0.2, 0.25) is 0 Å². The Bertz CT molecular complexity index is 1110. The van der Waals surface area contributed by atoms with Gasteiger partial charge in [-0.2, -0.15) is 0 Å². The first-order chi connectivity index (χ1) is 17.1.